The molecule has 3 rings (SSSR count). The van der Waals surface area contributed by atoms with E-state index >= 15 is 0 Å². The zero-order valence-corrected chi connectivity index (χ0v) is 9.74. The Hall–Kier alpha value is -2.60. The predicted molar refractivity (Wildman–Crippen MR) is 70.0 cm³/mol. The van der Waals surface area contributed by atoms with Crippen molar-refractivity contribution in [3.63, 3.8) is 0 Å². The number of hydrogen-bond acceptors (Lipinski definition) is 2. The molecular formula is C15H11N3. The van der Waals surface area contributed by atoms with E-state index in [0.717, 1.165) is 23.0 Å². The van der Waals surface area contributed by atoms with E-state index in [1.54, 1.807) is 0 Å². The molecule has 0 saturated carbocycles. The number of rotatable bonds is 2. The number of benzene rings is 2. The molecule has 0 saturated heterocycles. The number of nitrogens with zero attached hydrogens (tertiary/aromatic N) is 3. The van der Waals surface area contributed by atoms with Gasteiger partial charge in [0.25, 0.3) is 0 Å². The summed E-state index contributed by atoms with van der Waals surface area (Å²) in [6.07, 6.45) is 1.87. The standard InChI is InChI=1S/C15H11N3/c16-9-12-5-7-13(8-6-12)11-18-15-4-2-1-3-14(15)10-17-18/h1-8,10H,11H2. The monoisotopic (exact) mass is 233 g/mol. The molecule has 3 nitrogen and oxygen atoms in total. The fourth-order valence-electron chi connectivity index (χ4n) is 2.01. The molecule has 0 aliphatic rings. The molecule has 0 radical (unpaired) electrons. The molecule has 3 heteroatoms. The lowest BCUT2D eigenvalue weighted by atomic mass is 10.1. The summed E-state index contributed by atoms with van der Waals surface area (Å²) in [6, 6.07) is 17.9. The molecule has 0 aliphatic heterocycles. The van der Waals surface area contributed by atoms with Crippen molar-refractivity contribution in [1.82, 2.24) is 9.78 Å². The SMILES string of the molecule is N#Cc1ccc(Cn2ncc3ccccc32)cc1. The molecule has 1 heterocycles. The zero-order valence-electron chi connectivity index (χ0n) is 9.74. The van der Waals surface area contributed by atoms with Gasteiger partial charge >= 0.3 is 0 Å². The average Bonchev–Trinajstić information content (AvgIpc) is 2.83. The Balaban J connectivity index is 1.94. The van der Waals surface area contributed by atoms with Gasteiger partial charge in [-0.1, -0.05) is 30.3 Å². The van der Waals surface area contributed by atoms with Gasteiger partial charge in [0.05, 0.1) is 29.9 Å². The zero-order chi connectivity index (χ0) is 12.4. The van der Waals surface area contributed by atoms with Gasteiger partial charge in [0, 0.05) is 5.39 Å². The summed E-state index contributed by atoms with van der Waals surface area (Å²) in [7, 11) is 0. The van der Waals surface area contributed by atoms with Crippen molar-refractivity contribution in [3.05, 3.63) is 65.9 Å². The van der Waals surface area contributed by atoms with Gasteiger partial charge in [-0.3, -0.25) is 4.68 Å². The van der Waals surface area contributed by atoms with Crippen molar-refractivity contribution in [2.75, 3.05) is 0 Å². The molecule has 0 aliphatic carbocycles. The van der Waals surface area contributed by atoms with Crippen LogP contribution in [0.1, 0.15) is 11.1 Å². The van der Waals surface area contributed by atoms with Crippen molar-refractivity contribution in [3.8, 4) is 6.07 Å². The highest BCUT2D eigenvalue weighted by atomic mass is 15.3. The van der Waals surface area contributed by atoms with Crippen molar-refractivity contribution in [1.29, 1.82) is 5.26 Å². The Bertz CT molecular complexity index is 717. The maximum Gasteiger partial charge on any atom is 0.0991 e. The topological polar surface area (TPSA) is 41.6 Å². The summed E-state index contributed by atoms with van der Waals surface area (Å²) in [5.74, 6) is 0. The second-order valence-corrected chi connectivity index (χ2v) is 4.17. The summed E-state index contributed by atoms with van der Waals surface area (Å²) in [5.41, 5.74) is 2.95. The molecule has 1 aromatic heterocycles. The highest BCUT2D eigenvalue weighted by molar-refractivity contribution is 5.78. The molecule has 0 amide bonds. The third kappa shape index (κ3) is 1.85. The van der Waals surface area contributed by atoms with E-state index in [4.69, 9.17) is 5.26 Å². The third-order valence-electron chi connectivity index (χ3n) is 2.97. The fourth-order valence-corrected chi connectivity index (χ4v) is 2.01. The third-order valence-corrected chi connectivity index (χ3v) is 2.97. The second-order valence-electron chi connectivity index (χ2n) is 4.17. The predicted octanol–water partition coefficient (Wildman–Crippen LogP) is 2.96. The minimum Gasteiger partial charge on any atom is -0.260 e. The smallest absolute Gasteiger partial charge is 0.0991 e. The van der Waals surface area contributed by atoms with Crippen LogP contribution >= 0.6 is 0 Å². The van der Waals surface area contributed by atoms with Crippen LogP contribution in [-0.2, 0) is 6.54 Å². The largest absolute Gasteiger partial charge is 0.260 e. The highest BCUT2D eigenvalue weighted by Gasteiger charge is 2.02. The van der Waals surface area contributed by atoms with Crippen LogP contribution in [0.5, 0.6) is 0 Å². The van der Waals surface area contributed by atoms with Crippen LogP contribution in [0, 0.1) is 11.3 Å². The van der Waals surface area contributed by atoms with E-state index in [0.29, 0.717) is 5.56 Å². The first-order chi connectivity index (χ1) is 8.86. The van der Waals surface area contributed by atoms with Gasteiger partial charge in [-0.25, -0.2) is 0 Å². The van der Waals surface area contributed by atoms with Gasteiger partial charge in [0.15, 0.2) is 0 Å². The van der Waals surface area contributed by atoms with Crippen molar-refractivity contribution in [2.45, 2.75) is 6.54 Å². The minimum absolute atomic E-state index is 0.684. The van der Waals surface area contributed by atoms with Gasteiger partial charge in [-0.2, -0.15) is 10.4 Å². The molecular weight excluding hydrogens is 222 g/mol. The first kappa shape index (κ1) is 10.5. The second kappa shape index (κ2) is 4.34. The van der Waals surface area contributed by atoms with Gasteiger partial charge in [0.2, 0.25) is 0 Å². The highest BCUT2D eigenvalue weighted by Crippen LogP contribution is 2.14. The first-order valence-corrected chi connectivity index (χ1v) is 5.76. The molecule has 0 atom stereocenters. The Kier molecular flexibility index (Phi) is 2.54. The number of aromatic nitrogens is 2. The Morgan fingerprint density at radius 3 is 2.61 bits per heavy atom. The molecule has 0 bridgehead atoms. The minimum atomic E-state index is 0.684. The molecule has 0 N–H and O–H groups in total. The maximum atomic E-state index is 8.76. The van der Waals surface area contributed by atoms with Crippen LogP contribution in [-0.4, -0.2) is 9.78 Å². The summed E-state index contributed by atoms with van der Waals surface area (Å²) in [6.45, 7) is 0.721. The van der Waals surface area contributed by atoms with Crippen LogP contribution in [0.25, 0.3) is 10.9 Å². The molecule has 2 aromatic carbocycles. The summed E-state index contributed by atoms with van der Waals surface area (Å²) < 4.78 is 1.97. The van der Waals surface area contributed by atoms with Crippen LogP contribution in [0.2, 0.25) is 0 Å². The van der Waals surface area contributed by atoms with E-state index in [-0.39, 0.29) is 0 Å². The maximum absolute atomic E-state index is 8.76. The molecule has 0 fully saturated rings. The number of para-hydroxylation sites is 1. The van der Waals surface area contributed by atoms with Gasteiger partial charge in [-0.15, -0.1) is 0 Å². The summed E-state index contributed by atoms with van der Waals surface area (Å²) in [4.78, 5) is 0. The number of nitriles is 1. The Morgan fingerprint density at radius 1 is 1.06 bits per heavy atom. The lowest BCUT2D eigenvalue weighted by Crippen LogP contribution is -2.01. The van der Waals surface area contributed by atoms with Gasteiger partial charge in [0.1, 0.15) is 0 Å². The quantitative estimate of drug-likeness (QED) is 0.682. The van der Waals surface area contributed by atoms with Crippen LogP contribution in [0.15, 0.2) is 54.7 Å². The first-order valence-electron chi connectivity index (χ1n) is 5.76. The molecule has 3 aromatic rings. The van der Waals surface area contributed by atoms with Crippen molar-refractivity contribution < 1.29 is 0 Å². The number of hydrogen-bond donors (Lipinski definition) is 0. The lowest BCUT2D eigenvalue weighted by Gasteiger charge is -2.03. The Morgan fingerprint density at radius 2 is 1.83 bits per heavy atom. The fraction of sp³-hybridized carbons (Fsp3) is 0.0667. The Labute approximate surface area is 105 Å². The van der Waals surface area contributed by atoms with Crippen molar-refractivity contribution >= 4 is 10.9 Å². The van der Waals surface area contributed by atoms with E-state index in [2.05, 4.69) is 23.3 Å². The lowest BCUT2D eigenvalue weighted by molar-refractivity contribution is 0.712. The summed E-state index contributed by atoms with van der Waals surface area (Å²) in [5, 5.41) is 14.3. The normalized spacial score (nSPS) is 10.4. The van der Waals surface area contributed by atoms with Crippen molar-refractivity contribution in [2.24, 2.45) is 0 Å². The van der Waals surface area contributed by atoms with E-state index in [1.165, 1.54) is 0 Å². The van der Waals surface area contributed by atoms with Gasteiger partial charge in [-0.05, 0) is 23.8 Å². The molecule has 0 spiro atoms. The van der Waals surface area contributed by atoms with Crippen LogP contribution in [0.4, 0.5) is 0 Å². The van der Waals surface area contributed by atoms with E-state index < -0.39 is 0 Å². The van der Waals surface area contributed by atoms with Crippen LogP contribution in [0.3, 0.4) is 0 Å². The van der Waals surface area contributed by atoms with E-state index in [9.17, 15) is 0 Å². The summed E-state index contributed by atoms with van der Waals surface area (Å²) >= 11 is 0. The van der Waals surface area contributed by atoms with E-state index in [1.807, 2.05) is 47.3 Å². The van der Waals surface area contributed by atoms with Crippen LogP contribution < -0.4 is 0 Å². The molecule has 0 unspecified atom stereocenters. The average molecular weight is 233 g/mol. The number of fused-ring (bicyclic) bond motifs is 1. The van der Waals surface area contributed by atoms with Gasteiger partial charge < -0.3 is 0 Å². The molecule has 86 valence electrons. The molecule has 18 heavy (non-hydrogen) atoms.